The molecule has 1 aliphatic rings. The Hall–Kier alpha value is -1.09. The average molecular weight is 336 g/mol. The SMILES string of the molecule is CCCC(CCC)C1(O)c2c(ccc(F)c2N(C)CC)CC1(C)C. The molecule has 1 N–H and O–H groups in total. The monoisotopic (exact) mass is 335 g/mol. The summed E-state index contributed by atoms with van der Waals surface area (Å²) in [5.74, 6) is -0.0597. The molecular formula is C21H34FNO. The number of benzene rings is 1. The molecule has 0 saturated carbocycles. The normalized spacial score (nSPS) is 22.0. The van der Waals surface area contributed by atoms with E-state index in [1.165, 1.54) is 0 Å². The summed E-state index contributed by atoms with van der Waals surface area (Å²) in [6.07, 6.45) is 4.81. The number of anilines is 1. The van der Waals surface area contributed by atoms with E-state index in [1.54, 1.807) is 6.07 Å². The lowest BCUT2D eigenvalue weighted by Gasteiger charge is -2.45. The van der Waals surface area contributed by atoms with Gasteiger partial charge in [0.15, 0.2) is 0 Å². The molecule has 0 aromatic heterocycles. The van der Waals surface area contributed by atoms with Gasteiger partial charge in [-0.3, -0.25) is 0 Å². The summed E-state index contributed by atoms with van der Waals surface area (Å²) >= 11 is 0. The van der Waals surface area contributed by atoms with Gasteiger partial charge >= 0.3 is 0 Å². The van der Waals surface area contributed by atoms with Crippen molar-refractivity contribution in [1.29, 1.82) is 0 Å². The van der Waals surface area contributed by atoms with Crippen molar-refractivity contribution in [3.63, 3.8) is 0 Å². The Balaban J connectivity index is 2.72. The van der Waals surface area contributed by atoms with E-state index in [0.29, 0.717) is 5.69 Å². The minimum absolute atomic E-state index is 0.162. The number of nitrogens with zero attached hydrogens (tertiary/aromatic N) is 1. The molecule has 3 heteroatoms. The predicted octanol–water partition coefficient (Wildman–Crippen LogP) is 5.27. The first-order valence-corrected chi connectivity index (χ1v) is 9.49. The van der Waals surface area contributed by atoms with Gasteiger partial charge in [0.2, 0.25) is 0 Å². The van der Waals surface area contributed by atoms with Crippen LogP contribution in [0, 0.1) is 17.2 Å². The molecule has 2 nitrogen and oxygen atoms in total. The minimum Gasteiger partial charge on any atom is -0.384 e. The molecule has 2 rings (SSSR count). The van der Waals surface area contributed by atoms with Crippen LogP contribution in [0.25, 0.3) is 0 Å². The highest BCUT2D eigenvalue weighted by Gasteiger charge is 2.56. The van der Waals surface area contributed by atoms with Gasteiger partial charge in [-0.2, -0.15) is 0 Å². The van der Waals surface area contributed by atoms with Gasteiger partial charge in [-0.05, 0) is 43.7 Å². The minimum atomic E-state index is -0.977. The molecule has 0 heterocycles. The van der Waals surface area contributed by atoms with Gasteiger partial charge in [0.05, 0.1) is 5.69 Å². The number of hydrogen-bond acceptors (Lipinski definition) is 2. The largest absolute Gasteiger partial charge is 0.384 e. The molecule has 0 aliphatic heterocycles. The van der Waals surface area contributed by atoms with Crippen LogP contribution in [0.3, 0.4) is 0 Å². The van der Waals surface area contributed by atoms with E-state index in [-0.39, 0.29) is 17.2 Å². The van der Waals surface area contributed by atoms with E-state index >= 15 is 0 Å². The van der Waals surface area contributed by atoms with E-state index in [9.17, 15) is 9.50 Å². The molecule has 1 unspecified atom stereocenters. The van der Waals surface area contributed by atoms with Crippen LogP contribution in [-0.2, 0) is 12.0 Å². The zero-order chi connectivity index (χ0) is 18.1. The first kappa shape index (κ1) is 19.2. The molecule has 1 aromatic carbocycles. The second kappa shape index (κ2) is 7.03. The second-order valence-corrected chi connectivity index (χ2v) is 8.05. The van der Waals surface area contributed by atoms with Crippen LogP contribution in [0.4, 0.5) is 10.1 Å². The van der Waals surface area contributed by atoms with E-state index in [0.717, 1.165) is 49.8 Å². The molecule has 136 valence electrons. The Morgan fingerprint density at radius 2 is 1.75 bits per heavy atom. The van der Waals surface area contributed by atoms with Gasteiger partial charge in [-0.15, -0.1) is 0 Å². The molecule has 0 saturated heterocycles. The lowest BCUT2D eigenvalue weighted by atomic mass is 9.65. The lowest BCUT2D eigenvalue weighted by molar-refractivity contribution is -0.113. The van der Waals surface area contributed by atoms with E-state index in [4.69, 9.17) is 0 Å². The van der Waals surface area contributed by atoms with Gasteiger partial charge in [-0.1, -0.05) is 46.6 Å². The molecule has 0 radical (unpaired) electrons. The summed E-state index contributed by atoms with van der Waals surface area (Å²) in [6.45, 7) is 11.3. The number of halogens is 1. The van der Waals surface area contributed by atoms with Gasteiger partial charge in [0.1, 0.15) is 11.4 Å². The zero-order valence-corrected chi connectivity index (χ0v) is 16.2. The molecule has 0 spiro atoms. The van der Waals surface area contributed by atoms with Crippen molar-refractivity contribution in [3.05, 3.63) is 29.1 Å². The number of hydrogen-bond donors (Lipinski definition) is 1. The van der Waals surface area contributed by atoms with Crippen LogP contribution in [0.1, 0.15) is 71.4 Å². The second-order valence-electron chi connectivity index (χ2n) is 8.05. The van der Waals surface area contributed by atoms with Crippen molar-refractivity contribution in [2.24, 2.45) is 11.3 Å². The predicted molar refractivity (Wildman–Crippen MR) is 100 cm³/mol. The van der Waals surface area contributed by atoms with Crippen molar-refractivity contribution in [1.82, 2.24) is 0 Å². The molecular weight excluding hydrogens is 301 g/mol. The smallest absolute Gasteiger partial charge is 0.146 e. The van der Waals surface area contributed by atoms with Crippen LogP contribution in [0.5, 0.6) is 0 Å². The van der Waals surface area contributed by atoms with Gasteiger partial charge < -0.3 is 10.0 Å². The Morgan fingerprint density at radius 3 is 2.25 bits per heavy atom. The van der Waals surface area contributed by atoms with E-state index in [1.807, 2.05) is 24.9 Å². The van der Waals surface area contributed by atoms with Crippen LogP contribution < -0.4 is 4.90 Å². The molecule has 1 aromatic rings. The zero-order valence-electron chi connectivity index (χ0n) is 16.2. The van der Waals surface area contributed by atoms with E-state index in [2.05, 4.69) is 27.7 Å². The Morgan fingerprint density at radius 1 is 1.17 bits per heavy atom. The number of fused-ring (bicyclic) bond motifs is 1. The third-order valence-electron chi connectivity index (χ3n) is 5.98. The molecule has 1 aliphatic carbocycles. The van der Waals surface area contributed by atoms with Crippen LogP contribution >= 0.6 is 0 Å². The topological polar surface area (TPSA) is 23.5 Å². The maximum absolute atomic E-state index is 14.8. The van der Waals surface area contributed by atoms with Crippen molar-refractivity contribution in [2.45, 2.75) is 72.3 Å². The van der Waals surface area contributed by atoms with Gasteiger partial charge in [0.25, 0.3) is 0 Å². The molecule has 1 atom stereocenters. The quantitative estimate of drug-likeness (QED) is 0.734. The van der Waals surface area contributed by atoms with Crippen molar-refractivity contribution >= 4 is 5.69 Å². The summed E-state index contributed by atoms with van der Waals surface area (Å²) in [5, 5.41) is 12.0. The summed E-state index contributed by atoms with van der Waals surface area (Å²) in [5.41, 5.74) is 1.29. The first-order chi connectivity index (χ1) is 11.2. The standard InChI is InChI=1S/C21H34FNO/c1-7-10-16(11-8-2)21(24)18-15(14-20(21,4)5)12-13-17(22)19(18)23(6)9-3/h12-13,16,24H,7-11,14H2,1-6H3. The summed E-state index contributed by atoms with van der Waals surface area (Å²) in [7, 11) is 1.92. The Kier molecular flexibility index (Phi) is 5.64. The first-order valence-electron chi connectivity index (χ1n) is 9.49. The molecule has 0 fully saturated rings. The molecule has 24 heavy (non-hydrogen) atoms. The van der Waals surface area contributed by atoms with Crippen molar-refractivity contribution in [2.75, 3.05) is 18.5 Å². The van der Waals surface area contributed by atoms with Crippen LogP contribution in [-0.4, -0.2) is 18.7 Å². The molecule has 0 bridgehead atoms. The van der Waals surface area contributed by atoms with E-state index < -0.39 is 5.60 Å². The Bertz CT molecular complexity index is 577. The highest BCUT2D eigenvalue weighted by molar-refractivity contribution is 5.63. The summed E-state index contributed by atoms with van der Waals surface area (Å²) in [4.78, 5) is 1.94. The maximum atomic E-state index is 14.8. The summed E-state index contributed by atoms with van der Waals surface area (Å²) in [6, 6.07) is 3.45. The highest BCUT2D eigenvalue weighted by Crippen LogP contribution is 2.58. The lowest BCUT2D eigenvalue weighted by Crippen LogP contribution is -2.46. The number of aliphatic hydroxyl groups is 1. The fraction of sp³-hybridized carbons (Fsp3) is 0.714. The number of rotatable bonds is 7. The van der Waals surface area contributed by atoms with Gasteiger partial charge in [-0.25, -0.2) is 4.39 Å². The summed E-state index contributed by atoms with van der Waals surface area (Å²) < 4.78 is 14.8. The average Bonchev–Trinajstić information content (AvgIpc) is 2.74. The molecule has 0 amide bonds. The fourth-order valence-corrected chi connectivity index (χ4v) is 4.68. The Labute approximate surface area is 147 Å². The maximum Gasteiger partial charge on any atom is 0.146 e. The third-order valence-corrected chi connectivity index (χ3v) is 5.98. The van der Waals surface area contributed by atoms with Crippen molar-refractivity contribution < 1.29 is 9.50 Å². The van der Waals surface area contributed by atoms with Crippen LogP contribution in [0.2, 0.25) is 0 Å². The fourth-order valence-electron chi connectivity index (χ4n) is 4.68. The van der Waals surface area contributed by atoms with Crippen LogP contribution in [0.15, 0.2) is 12.1 Å². The van der Waals surface area contributed by atoms with Crippen molar-refractivity contribution in [3.8, 4) is 0 Å². The third kappa shape index (κ3) is 2.85. The highest BCUT2D eigenvalue weighted by atomic mass is 19.1. The van der Waals surface area contributed by atoms with Gasteiger partial charge in [0, 0.05) is 24.6 Å².